The van der Waals surface area contributed by atoms with Crippen molar-refractivity contribution in [1.82, 2.24) is 0 Å². The summed E-state index contributed by atoms with van der Waals surface area (Å²) >= 11 is 0. The Bertz CT molecular complexity index is 1530. The summed E-state index contributed by atoms with van der Waals surface area (Å²) in [7, 11) is 1.61. The van der Waals surface area contributed by atoms with E-state index >= 15 is 0 Å². The number of para-hydroxylation sites is 1. The van der Waals surface area contributed by atoms with Crippen molar-refractivity contribution in [3.63, 3.8) is 0 Å². The van der Waals surface area contributed by atoms with Gasteiger partial charge in [0.15, 0.2) is 11.6 Å². The monoisotopic (exact) mass is 472 g/mol. The van der Waals surface area contributed by atoms with Gasteiger partial charge in [-0.3, -0.25) is 9.69 Å². The number of allylic oxidation sites excluding steroid dienone is 3. The third-order valence-electron chi connectivity index (χ3n) is 7.25. The number of rotatable bonds is 3. The molecule has 0 unspecified atom stereocenters. The highest BCUT2D eigenvalue weighted by Gasteiger charge is 2.45. The van der Waals surface area contributed by atoms with Crippen LogP contribution in [0.2, 0.25) is 0 Å². The van der Waals surface area contributed by atoms with E-state index in [9.17, 15) is 10.1 Å². The summed E-state index contributed by atoms with van der Waals surface area (Å²) in [4.78, 5) is 20.7. The minimum Gasteiger partial charge on any atom is -0.497 e. The number of hydrogen-bond acceptors (Lipinski definition) is 6. The van der Waals surface area contributed by atoms with E-state index in [2.05, 4.69) is 18.2 Å². The second kappa shape index (κ2) is 8.54. The van der Waals surface area contributed by atoms with E-state index in [1.54, 1.807) is 7.11 Å². The SMILES string of the molecule is COc1cccc([C@H]2C(C#N)=C3N=C(N)c4ccccc4N3C3=C2C(=O)C[C@H](c2ccccc2)C3)c1. The minimum atomic E-state index is -0.544. The topological polar surface area (TPSA) is 91.7 Å². The summed E-state index contributed by atoms with van der Waals surface area (Å²) in [6.45, 7) is 0. The molecule has 0 radical (unpaired) electrons. The molecule has 6 rings (SSSR count). The van der Waals surface area contributed by atoms with Crippen molar-refractivity contribution in [2.75, 3.05) is 12.0 Å². The number of ketones is 1. The van der Waals surface area contributed by atoms with Crippen molar-refractivity contribution in [1.29, 1.82) is 5.26 Å². The summed E-state index contributed by atoms with van der Waals surface area (Å²) in [6, 6.07) is 27.8. The van der Waals surface area contributed by atoms with Gasteiger partial charge in [0, 0.05) is 23.3 Å². The first-order valence-corrected chi connectivity index (χ1v) is 11.9. The fourth-order valence-electron chi connectivity index (χ4n) is 5.63. The maximum Gasteiger partial charge on any atom is 0.162 e. The van der Waals surface area contributed by atoms with Gasteiger partial charge in [0.05, 0.1) is 30.4 Å². The number of nitrogens with two attached hydrogens (primary N) is 1. The van der Waals surface area contributed by atoms with E-state index in [4.69, 9.17) is 15.5 Å². The molecule has 3 aromatic carbocycles. The van der Waals surface area contributed by atoms with Gasteiger partial charge in [-0.15, -0.1) is 0 Å². The van der Waals surface area contributed by atoms with Crippen molar-refractivity contribution in [3.8, 4) is 11.8 Å². The summed E-state index contributed by atoms with van der Waals surface area (Å²) in [5, 5.41) is 10.4. The molecule has 0 spiro atoms. The van der Waals surface area contributed by atoms with Crippen molar-refractivity contribution in [2.45, 2.75) is 24.7 Å². The normalized spacial score (nSPS) is 20.7. The number of anilines is 1. The Balaban J connectivity index is 1.62. The summed E-state index contributed by atoms with van der Waals surface area (Å²) in [5.41, 5.74) is 11.9. The molecule has 2 heterocycles. The quantitative estimate of drug-likeness (QED) is 0.569. The Morgan fingerprint density at radius 2 is 1.75 bits per heavy atom. The second-order valence-electron chi connectivity index (χ2n) is 9.21. The third-order valence-corrected chi connectivity index (χ3v) is 7.25. The van der Waals surface area contributed by atoms with Gasteiger partial charge in [-0.1, -0.05) is 54.6 Å². The van der Waals surface area contributed by atoms with Gasteiger partial charge < -0.3 is 10.5 Å². The molecule has 0 aromatic heterocycles. The van der Waals surface area contributed by atoms with Crippen LogP contribution >= 0.6 is 0 Å². The molecule has 0 amide bonds. The zero-order valence-corrected chi connectivity index (χ0v) is 19.8. The zero-order valence-electron chi connectivity index (χ0n) is 19.8. The Morgan fingerprint density at radius 1 is 1.00 bits per heavy atom. The highest BCUT2D eigenvalue weighted by molar-refractivity contribution is 6.08. The van der Waals surface area contributed by atoms with E-state index in [-0.39, 0.29) is 11.7 Å². The fraction of sp³-hybridized carbons (Fsp3) is 0.167. The maximum absolute atomic E-state index is 14.0. The average molecular weight is 473 g/mol. The molecule has 176 valence electrons. The van der Waals surface area contributed by atoms with Crippen molar-refractivity contribution in [2.24, 2.45) is 10.7 Å². The predicted molar refractivity (Wildman–Crippen MR) is 138 cm³/mol. The number of ether oxygens (including phenoxy) is 1. The minimum absolute atomic E-state index is 0.0312. The number of nitriles is 1. The van der Waals surface area contributed by atoms with E-state index < -0.39 is 5.92 Å². The van der Waals surface area contributed by atoms with Crippen LogP contribution in [0.1, 0.15) is 41.4 Å². The van der Waals surface area contributed by atoms with Crippen LogP contribution in [0.3, 0.4) is 0 Å². The lowest BCUT2D eigenvalue weighted by Gasteiger charge is -2.43. The van der Waals surface area contributed by atoms with Crippen LogP contribution in [0, 0.1) is 11.3 Å². The number of fused-ring (bicyclic) bond motifs is 4. The molecule has 0 saturated carbocycles. The van der Waals surface area contributed by atoms with Crippen molar-refractivity contribution in [3.05, 3.63) is 118 Å². The van der Waals surface area contributed by atoms with Crippen LogP contribution in [-0.4, -0.2) is 18.7 Å². The lowest BCUT2D eigenvalue weighted by molar-refractivity contribution is -0.116. The molecule has 1 aliphatic carbocycles. The summed E-state index contributed by atoms with van der Waals surface area (Å²) < 4.78 is 5.46. The average Bonchev–Trinajstić information content (AvgIpc) is 2.92. The van der Waals surface area contributed by atoms with Crippen LogP contribution in [-0.2, 0) is 4.79 Å². The summed E-state index contributed by atoms with van der Waals surface area (Å²) in [5.74, 6) is 1.05. The number of carbonyl (C=O) groups is 1. The largest absolute Gasteiger partial charge is 0.497 e. The first kappa shape index (κ1) is 21.9. The molecular weight excluding hydrogens is 448 g/mol. The smallest absolute Gasteiger partial charge is 0.162 e. The number of benzene rings is 3. The Labute approximate surface area is 209 Å². The molecular formula is C30H24N4O2. The van der Waals surface area contributed by atoms with Gasteiger partial charge in [-0.2, -0.15) is 5.26 Å². The highest BCUT2D eigenvalue weighted by atomic mass is 16.5. The molecule has 6 heteroatoms. The van der Waals surface area contributed by atoms with Crippen LogP contribution in [0.15, 0.2) is 107 Å². The van der Waals surface area contributed by atoms with Crippen LogP contribution in [0.5, 0.6) is 5.75 Å². The molecule has 2 N–H and O–H groups in total. The van der Waals surface area contributed by atoms with Gasteiger partial charge in [-0.05, 0) is 47.7 Å². The van der Waals surface area contributed by atoms with E-state index in [0.29, 0.717) is 41.4 Å². The molecule has 6 nitrogen and oxygen atoms in total. The first-order valence-electron chi connectivity index (χ1n) is 11.9. The van der Waals surface area contributed by atoms with E-state index in [0.717, 1.165) is 28.1 Å². The summed E-state index contributed by atoms with van der Waals surface area (Å²) in [6.07, 6.45) is 1.04. The Kier molecular flexibility index (Phi) is 5.19. The van der Waals surface area contributed by atoms with E-state index in [1.165, 1.54) is 0 Å². The number of carbonyl (C=O) groups excluding carboxylic acids is 1. The molecule has 36 heavy (non-hydrogen) atoms. The molecule has 0 bridgehead atoms. The molecule has 2 atom stereocenters. The van der Waals surface area contributed by atoms with E-state index in [1.807, 2.05) is 71.6 Å². The third kappa shape index (κ3) is 3.32. The zero-order chi connectivity index (χ0) is 24.8. The van der Waals surface area contributed by atoms with Crippen molar-refractivity contribution >= 4 is 17.3 Å². The van der Waals surface area contributed by atoms with Crippen LogP contribution in [0.25, 0.3) is 0 Å². The van der Waals surface area contributed by atoms with Crippen molar-refractivity contribution < 1.29 is 9.53 Å². The van der Waals surface area contributed by atoms with Crippen LogP contribution in [0.4, 0.5) is 5.69 Å². The lowest BCUT2D eigenvalue weighted by atomic mass is 9.71. The number of methoxy groups -OCH3 is 1. The molecule has 3 aromatic rings. The molecule has 3 aliphatic rings. The Hall–Kier alpha value is -4.63. The predicted octanol–water partition coefficient (Wildman–Crippen LogP) is 5.15. The number of aliphatic imine (C=N–C) groups is 1. The Morgan fingerprint density at radius 3 is 2.53 bits per heavy atom. The van der Waals surface area contributed by atoms with Crippen LogP contribution < -0.4 is 15.4 Å². The number of amidine groups is 1. The fourth-order valence-corrected chi connectivity index (χ4v) is 5.63. The maximum atomic E-state index is 14.0. The molecule has 2 aliphatic heterocycles. The van der Waals surface area contributed by atoms with Gasteiger partial charge in [0.2, 0.25) is 0 Å². The van der Waals surface area contributed by atoms with Gasteiger partial charge in [-0.25, -0.2) is 4.99 Å². The molecule has 0 saturated heterocycles. The number of nitrogens with zero attached hydrogens (tertiary/aromatic N) is 3. The number of Topliss-reactive ketones (excluding diaryl/α,β-unsaturated/α-hetero) is 1. The van der Waals surface area contributed by atoms with Gasteiger partial charge >= 0.3 is 0 Å². The van der Waals surface area contributed by atoms with Gasteiger partial charge in [0.25, 0.3) is 0 Å². The lowest BCUT2D eigenvalue weighted by Crippen LogP contribution is -2.40. The van der Waals surface area contributed by atoms with Gasteiger partial charge in [0.1, 0.15) is 11.6 Å². The highest BCUT2D eigenvalue weighted by Crippen LogP contribution is 2.51. The first-order chi connectivity index (χ1) is 17.6. The second-order valence-corrected chi connectivity index (χ2v) is 9.21. The number of hydrogen-bond donors (Lipinski definition) is 1. The molecule has 0 fully saturated rings. The standard InChI is InChI=1S/C30H24N4O2/c1-36-21-11-7-10-19(14-21)27-23(17-31)30-33-29(32)22-12-5-6-13-24(22)34(30)25-15-20(16-26(35)28(25)27)18-8-3-2-4-9-18/h2-14,20,27H,15-16H2,1H3,(H2,32,33)/t20-,27+/m1/s1.